The van der Waals surface area contributed by atoms with Crippen LogP contribution in [0, 0.1) is 0 Å². The smallest absolute Gasteiger partial charge is 0.242 e. The van der Waals surface area contributed by atoms with E-state index in [9.17, 15) is 14.4 Å². The first-order chi connectivity index (χ1) is 23.8. The average molecular weight is 660 g/mol. The number of rotatable bonds is 8. The predicted molar refractivity (Wildman–Crippen MR) is 186 cm³/mol. The highest BCUT2D eigenvalue weighted by Gasteiger charge is 2.38. The number of aromatic amines is 2. The Morgan fingerprint density at radius 1 is 0.939 bits per heavy atom. The summed E-state index contributed by atoms with van der Waals surface area (Å²) in [6, 6.07) is 15.0. The molecule has 4 atom stereocenters. The summed E-state index contributed by atoms with van der Waals surface area (Å²) >= 11 is 0. The monoisotopic (exact) mass is 659 g/mol. The molecule has 0 unspecified atom stereocenters. The van der Waals surface area contributed by atoms with E-state index in [4.69, 9.17) is 9.72 Å². The van der Waals surface area contributed by atoms with E-state index in [-0.39, 0.29) is 42.5 Å². The van der Waals surface area contributed by atoms with Crippen LogP contribution < -0.4 is 10.1 Å². The van der Waals surface area contributed by atoms with Gasteiger partial charge in [0, 0.05) is 29.5 Å². The maximum Gasteiger partial charge on any atom is 0.242 e. The van der Waals surface area contributed by atoms with Gasteiger partial charge in [0.2, 0.25) is 18.2 Å². The van der Waals surface area contributed by atoms with Gasteiger partial charge in [0.25, 0.3) is 0 Å². The van der Waals surface area contributed by atoms with Gasteiger partial charge in [-0.05, 0) is 92.3 Å². The van der Waals surface area contributed by atoms with E-state index in [1.54, 1.807) is 0 Å². The molecule has 2 aromatic heterocycles. The van der Waals surface area contributed by atoms with E-state index < -0.39 is 0 Å². The van der Waals surface area contributed by atoms with Crippen molar-refractivity contribution in [2.24, 2.45) is 0 Å². The minimum absolute atomic E-state index is 0.0207. The number of fused-ring (bicyclic) bond motifs is 6. The highest BCUT2D eigenvalue weighted by Crippen LogP contribution is 2.44. The first-order valence-corrected chi connectivity index (χ1v) is 17.4. The third-order valence-corrected chi connectivity index (χ3v) is 10.6. The maximum atomic E-state index is 13.0. The van der Waals surface area contributed by atoms with Crippen LogP contribution in [0.5, 0.6) is 5.75 Å². The largest absolute Gasteiger partial charge is 0.488 e. The van der Waals surface area contributed by atoms with Gasteiger partial charge in [-0.1, -0.05) is 25.1 Å². The summed E-state index contributed by atoms with van der Waals surface area (Å²) in [5.41, 5.74) is 7.00. The van der Waals surface area contributed by atoms with Gasteiger partial charge >= 0.3 is 0 Å². The number of carbonyl (C=O) groups is 3. The highest BCUT2D eigenvalue weighted by atomic mass is 16.5. The zero-order valence-corrected chi connectivity index (χ0v) is 28.1. The molecular formula is C38H41N7O4. The number of hydrogen-bond acceptors (Lipinski definition) is 6. The molecule has 0 saturated carbocycles. The second-order valence-corrected chi connectivity index (χ2v) is 13.7. The van der Waals surface area contributed by atoms with Crippen LogP contribution in [0.1, 0.15) is 88.6 Å². The summed E-state index contributed by atoms with van der Waals surface area (Å²) in [6.45, 7) is 6.63. The first-order valence-electron chi connectivity index (χ1n) is 17.4. The number of nitrogens with zero attached hydrogens (tertiary/aromatic N) is 4. The molecule has 3 amide bonds. The second-order valence-electron chi connectivity index (χ2n) is 13.7. The van der Waals surface area contributed by atoms with Crippen molar-refractivity contribution in [2.45, 2.75) is 90.1 Å². The van der Waals surface area contributed by atoms with E-state index >= 15 is 0 Å². The molecule has 5 heterocycles. The third kappa shape index (κ3) is 5.32. The minimum Gasteiger partial charge on any atom is -0.488 e. The Morgan fingerprint density at radius 2 is 1.71 bits per heavy atom. The SMILES string of the molecule is CCCC(=O)N1[C@@H](C)CC[C@H]1c1nc2ccc3cc4c(cc3c2[nH]1)OCc1cc(-c2cnc([C@@H]3CC[C@H](C)N3C(=O)CNC=O)[nH]2)ccc1-4. The zero-order chi connectivity index (χ0) is 33.8. The Morgan fingerprint density at radius 3 is 2.49 bits per heavy atom. The van der Waals surface area contributed by atoms with Crippen molar-refractivity contribution in [3.63, 3.8) is 0 Å². The summed E-state index contributed by atoms with van der Waals surface area (Å²) in [5.74, 6) is 2.53. The summed E-state index contributed by atoms with van der Waals surface area (Å²) in [7, 11) is 0. The van der Waals surface area contributed by atoms with Crippen LogP contribution in [0.2, 0.25) is 0 Å². The van der Waals surface area contributed by atoms with Gasteiger partial charge < -0.3 is 29.8 Å². The highest BCUT2D eigenvalue weighted by molar-refractivity contribution is 6.07. The molecule has 0 radical (unpaired) electrons. The van der Waals surface area contributed by atoms with E-state index in [0.29, 0.717) is 19.4 Å². The lowest BCUT2D eigenvalue weighted by molar-refractivity contribution is -0.134. The van der Waals surface area contributed by atoms with E-state index in [1.807, 2.05) is 29.8 Å². The summed E-state index contributed by atoms with van der Waals surface area (Å²) in [6.07, 6.45) is 7.35. The molecule has 3 N–H and O–H groups in total. The molecule has 2 fully saturated rings. The van der Waals surface area contributed by atoms with Gasteiger partial charge in [0.05, 0.1) is 41.6 Å². The van der Waals surface area contributed by atoms with E-state index in [0.717, 1.165) is 99.3 Å². The van der Waals surface area contributed by atoms with Crippen molar-refractivity contribution in [1.29, 1.82) is 0 Å². The van der Waals surface area contributed by atoms with Crippen LogP contribution in [0.4, 0.5) is 0 Å². The Kier molecular flexibility index (Phi) is 7.85. The number of nitrogens with one attached hydrogen (secondary N) is 3. The molecule has 11 heteroatoms. The van der Waals surface area contributed by atoms with Crippen LogP contribution in [0.25, 0.3) is 44.2 Å². The predicted octanol–water partition coefficient (Wildman–Crippen LogP) is 6.32. The van der Waals surface area contributed by atoms with Gasteiger partial charge in [-0.15, -0.1) is 0 Å². The van der Waals surface area contributed by atoms with Crippen molar-refractivity contribution in [2.75, 3.05) is 6.54 Å². The van der Waals surface area contributed by atoms with E-state index in [2.05, 4.69) is 69.7 Å². The molecule has 2 saturated heterocycles. The number of amides is 3. The van der Waals surface area contributed by atoms with Crippen LogP contribution in [0.15, 0.2) is 48.7 Å². The van der Waals surface area contributed by atoms with Crippen molar-refractivity contribution in [1.82, 2.24) is 35.1 Å². The fraction of sp³-hybridized carbons (Fsp3) is 0.395. The van der Waals surface area contributed by atoms with Gasteiger partial charge in [-0.3, -0.25) is 14.4 Å². The lowest BCUT2D eigenvalue weighted by Crippen LogP contribution is -2.41. The maximum absolute atomic E-state index is 13.0. The second kappa shape index (κ2) is 12.4. The van der Waals surface area contributed by atoms with Gasteiger partial charge in [0.15, 0.2) is 0 Å². The van der Waals surface area contributed by atoms with Gasteiger partial charge in [-0.25, -0.2) is 9.97 Å². The summed E-state index contributed by atoms with van der Waals surface area (Å²) in [5, 5.41) is 4.63. The molecule has 252 valence electrons. The van der Waals surface area contributed by atoms with Crippen LogP contribution in [-0.2, 0) is 21.0 Å². The van der Waals surface area contributed by atoms with Crippen LogP contribution in [-0.4, -0.2) is 66.6 Å². The number of imidazole rings is 2. The number of carbonyl (C=O) groups excluding carboxylic acids is 3. The Hall–Kier alpha value is -5.19. The van der Waals surface area contributed by atoms with Crippen LogP contribution in [0.3, 0.4) is 0 Å². The normalized spacial score (nSPS) is 21.5. The zero-order valence-electron chi connectivity index (χ0n) is 28.1. The number of H-pyrrole nitrogens is 2. The summed E-state index contributed by atoms with van der Waals surface area (Å²) in [4.78, 5) is 57.2. The Labute approximate surface area is 284 Å². The van der Waals surface area contributed by atoms with E-state index in [1.165, 1.54) is 0 Å². The number of ether oxygens (including phenoxy) is 1. The standard InChI is InChI=1S/C38H41N7O4/c1-4-5-34(47)44-21(2)7-13-32(44)38-41-29-11-9-23-15-28-26-10-8-24(14-25(26)19-49-33(28)16-27(23)36(29)43-38)30-17-40-37(42-30)31-12-6-22(3)45(31)35(48)18-39-20-46/h8-11,14-17,20-22,31-32H,4-7,12-13,18-19H2,1-3H3,(H,39,46)(H,40,42)(H,41,43)/t21-,22-,31-,32-/m0/s1. The fourth-order valence-corrected chi connectivity index (χ4v) is 8.20. The molecular weight excluding hydrogens is 618 g/mol. The molecule has 0 aliphatic carbocycles. The average Bonchev–Trinajstić information content (AvgIpc) is 3.91. The minimum atomic E-state index is -0.160. The molecule has 8 rings (SSSR count). The van der Waals surface area contributed by atoms with Crippen molar-refractivity contribution >= 4 is 40.0 Å². The molecule has 11 nitrogen and oxygen atoms in total. The number of aromatic nitrogens is 4. The van der Waals surface area contributed by atoms with Crippen molar-refractivity contribution < 1.29 is 19.1 Å². The Balaban J connectivity index is 1.08. The molecule has 3 aromatic carbocycles. The molecule has 49 heavy (non-hydrogen) atoms. The summed E-state index contributed by atoms with van der Waals surface area (Å²) < 4.78 is 6.38. The quantitative estimate of drug-likeness (QED) is 0.167. The molecule has 3 aliphatic rings. The van der Waals surface area contributed by atoms with Gasteiger partial charge in [0.1, 0.15) is 24.0 Å². The van der Waals surface area contributed by atoms with Gasteiger partial charge in [-0.2, -0.15) is 0 Å². The van der Waals surface area contributed by atoms with Crippen LogP contribution >= 0.6 is 0 Å². The number of likely N-dealkylation sites (tertiary alicyclic amines) is 2. The Bertz CT molecular complexity index is 2100. The number of hydrogen-bond donors (Lipinski definition) is 3. The third-order valence-electron chi connectivity index (χ3n) is 10.6. The van der Waals surface area contributed by atoms with Crippen molar-refractivity contribution in [3.8, 4) is 28.1 Å². The fourth-order valence-electron chi connectivity index (χ4n) is 8.20. The van der Waals surface area contributed by atoms with Crippen molar-refractivity contribution in [3.05, 3.63) is 65.9 Å². The topological polar surface area (TPSA) is 136 Å². The molecule has 5 aromatic rings. The molecule has 3 aliphatic heterocycles. The molecule has 0 bridgehead atoms. The lowest BCUT2D eigenvalue weighted by Gasteiger charge is -2.27. The molecule has 0 spiro atoms. The number of benzene rings is 3. The first kappa shape index (κ1) is 31.1. The lowest BCUT2D eigenvalue weighted by atomic mass is 9.92.